The van der Waals surface area contributed by atoms with Crippen molar-refractivity contribution in [2.24, 2.45) is 5.92 Å². The third kappa shape index (κ3) is 2.55. The highest BCUT2D eigenvalue weighted by atomic mass is 16.4. The molecule has 1 aliphatic rings. The minimum absolute atomic E-state index is 0.257. The molecule has 1 saturated heterocycles. The maximum Gasteiger partial charge on any atom is 0.335 e. The maximum absolute atomic E-state index is 11.1. The van der Waals surface area contributed by atoms with Crippen molar-refractivity contribution in [1.29, 1.82) is 0 Å². The second-order valence-electron chi connectivity index (χ2n) is 5.91. The van der Waals surface area contributed by atoms with Gasteiger partial charge < -0.3 is 10.0 Å². The zero-order chi connectivity index (χ0) is 15.0. The van der Waals surface area contributed by atoms with Crippen molar-refractivity contribution in [3.05, 3.63) is 30.1 Å². The zero-order valence-corrected chi connectivity index (χ0v) is 12.3. The van der Waals surface area contributed by atoms with E-state index in [-0.39, 0.29) is 5.56 Å². The van der Waals surface area contributed by atoms with Crippen LogP contribution in [0, 0.1) is 5.92 Å². The lowest BCUT2D eigenvalue weighted by Gasteiger charge is -2.37. The molecule has 0 saturated carbocycles. The number of carboxylic acids is 1. The molecular formula is C16H19N3O2. The molecule has 2 aromatic rings. The van der Waals surface area contributed by atoms with E-state index in [4.69, 9.17) is 5.11 Å². The van der Waals surface area contributed by atoms with Gasteiger partial charge in [0.05, 0.1) is 11.1 Å². The van der Waals surface area contributed by atoms with Crippen molar-refractivity contribution in [3.63, 3.8) is 0 Å². The average Bonchev–Trinajstić information content (AvgIpc) is 2.46. The predicted octanol–water partition coefficient (Wildman–Crippen LogP) is 2.95. The summed E-state index contributed by atoms with van der Waals surface area (Å²) in [5.74, 6) is 0.719. The number of hydrogen-bond donors (Lipinski definition) is 1. The second kappa shape index (κ2) is 5.31. The topological polar surface area (TPSA) is 66.3 Å². The van der Waals surface area contributed by atoms with Crippen molar-refractivity contribution >= 4 is 22.7 Å². The smallest absolute Gasteiger partial charge is 0.335 e. The van der Waals surface area contributed by atoms with Crippen molar-refractivity contribution < 1.29 is 9.90 Å². The van der Waals surface area contributed by atoms with E-state index < -0.39 is 5.97 Å². The lowest BCUT2D eigenvalue weighted by Crippen LogP contribution is -2.40. The van der Waals surface area contributed by atoms with E-state index >= 15 is 0 Å². The summed E-state index contributed by atoms with van der Waals surface area (Å²) in [4.78, 5) is 22.0. The fraction of sp³-hybridized carbons (Fsp3) is 0.438. The van der Waals surface area contributed by atoms with Gasteiger partial charge in [-0.15, -0.1) is 0 Å². The van der Waals surface area contributed by atoms with Crippen molar-refractivity contribution in [3.8, 4) is 0 Å². The molecule has 2 unspecified atom stereocenters. The Morgan fingerprint density at radius 1 is 1.33 bits per heavy atom. The fourth-order valence-electron chi connectivity index (χ4n) is 3.13. The largest absolute Gasteiger partial charge is 0.478 e. The van der Waals surface area contributed by atoms with Crippen LogP contribution in [0.15, 0.2) is 24.5 Å². The summed E-state index contributed by atoms with van der Waals surface area (Å²) < 4.78 is 0. The first-order chi connectivity index (χ1) is 10.1. The van der Waals surface area contributed by atoms with Crippen molar-refractivity contribution in [2.75, 3.05) is 11.4 Å². The van der Waals surface area contributed by atoms with Gasteiger partial charge in [0.15, 0.2) is 0 Å². The van der Waals surface area contributed by atoms with E-state index in [0.29, 0.717) is 11.6 Å². The molecule has 5 heteroatoms. The third-order valence-electron chi connectivity index (χ3n) is 4.27. The number of piperidine rings is 1. The molecule has 0 spiro atoms. The minimum atomic E-state index is -0.933. The summed E-state index contributed by atoms with van der Waals surface area (Å²) >= 11 is 0. The highest BCUT2D eigenvalue weighted by molar-refractivity contribution is 5.96. The van der Waals surface area contributed by atoms with Gasteiger partial charge in [-0.1, -0.05) is 6.92 Å². The Hall–Kier alpha value is -2.17. The van der Waals surface area contributed by atoms with E-state index in [1.807, 2.05) is 6.07 Å². The highest BCUT2D eigenvalue weighted by Crippen LogP contribution is 2.30. The number of benzene rings is 1. The first kappa shape index (κ1) is 13.8. The number of hydrogen-bond acceptors (Lipinski definition) is 4. The molecule has 1 aromatic carbocycles. The minimum Gasteiger partial charge on any atom is -0.478 e. The summed E-state index contributed by atoms with van der Waals surface area (Å²) in [6.45, 7) is 5.48. The van der Waals surface area contributed by atoms with Crippen LogP contribution in [-0.2, 0) is 0 Å². The molecule has 21 heavy (non-hydrogen) atoms. The van der Waals surface area contributed by atoms with Gasteiger partial charge in [-0.05, 0) is 43.9 Å². The first-order valence-electron chi connectivity index (χ1n) is 7.31. The normalized spacial score (nSPS) is 22.5. The molecular weight excluding hydrogens is 266 g/mol. The molecule has 1 N–H and O–H groups in total. The van der Waals surface area contributed by atoms with Crippen LogP contribution < -0.4 is 4.90 Å². The number of nitrogens with zero attached hydrogens (tertiary/aromatic N) is 3. The van der Waals surface area contributed by atoms with Crippen LogP contribution in [0.3, 0.4) is 0 Å². The maximum atomic E-state index is 11.1. The highest BCUT2D eigenvalue weighted by Gasteiger charge is 2.25. The Labute approximate surface area is 123 Å². The quantitative estimate of drug-likeness (QED) is 0.919. The fourth-order valence-corrected chi connectivity index (χ4v) is 3.13. The molecule has 5 nitrogen and oxygen atoms in total. The van der Waals surface area contributed by atoms with E-state index in [1.54, 1.807) is 12.1 Å². The summed E-state index contributed by atoms with van der Waals surface area (Å²) in [6.07, 6.45) is 3.83. The summed E-state index contributed by atoms with van der Waals surface area (Å²) in [5, 5.41) is 10.00. The first-order valence-corrected chi connectivity index (χ1v) is 7.31. The van der Waals surface area contributed by atoms with Crippen LogP contribution >= 0.6 is 0 Å². The molecule has 110 valence electrons. The number of carbonyl (C=O) groups is 1. The van der Waals surface area contributed by atoms with Gasteiger partial charge in [0.1, 0.15) is 12.1 Å². The van der Waals surface area contributed by atoms with Crippen molar-refractivity contribution in [2.45, 2.75) is 32.7 Å². The van der Waals surface area contributed by atoms with Crippen LogP contribution in [0.5, 0.6) is 0 Å². The van der Waals surface area contributed by atoms with Gasteiger partial charge in [0.2, 0.25) is 0 Å². The van der Waals surface area contributed by atoms with Crippen LogP contribution in [0.25, 0.3) is 10.9 Å². The average molecular weight is 285 g/mol. The molecule has 2 atom stereocenters. The molecule has 1 fully saturated rings. The lowest BCUT2D eigenvalue weighted by molar-refractivity contribution is 0.0697. The third-order valence-corrected chi connectivity index (χ3v) is 4.27. The van der Waals surface area contributed by atoms with Crippen molar-refractivity contribution in [1.82, 2.24) is 9.97 Å². The van der Waals surface area contributed by atoms with E-state index in [1.165, 1.54) is 6.33 Å². The molecule has 0 amide bonds. The second-order valence-corrected chi connectivity index (χ2v) is 5.91. The molecule has 1 aromatic heterocycles. The standard InChI is InChI=1S/C16H19N3O2/c1-10-5-6-19(11(2)7-10)15-13-4-3-12(16(20)21)8-14(13)17-9-18-15/h3-4,8-11H,5-7H2,1-2H3,(H,20,21). The SMILES string of the molecule is CC1CCN(c2ncnc3cc(C(=O)O)ccc23)C(C)C1. The van der Waals surface area contributed by atoms with E-state index in [0.717, 1.165) is 36.5 Å². The molecule has 0 radical (unpaired) electrons. The molecule has 1 aliphatic heterocycles. The lowest BCUT2D eigenvalue weighted by atomic mass is 9.93. The molecule has 3 rings (SSSR count). The van der Waals surface area contributed by atoms with Gasteiger partial charge in [-0.2, -0.15) is 0 Å². The van der Waals surface area contributed by atoms with Crippen LogP contribution in [-0.4, -0.2) is 33.6 Å². The number of aromatic nitrogens is 2. The zero-order valence-electron chi connectivity index (χ0n) is 12.3. The van der Waals surface area contributed by atoms with E-state index in [9.17, 15) is 4.79 Å². The Kier molecular flexibility index (Phi) is 3.49. The predicted molar refractivity (Wildman–Crippen MR) is 81.7 cm³/mol. The summed E-state index contributed by atoms with van der Waals surface area (Å²) in [7, 11) is 0. The van der Waals surface area contributed by atoms with Gasteiger partial charge in [0, 0.05) is 18.0 Å². The van der Waals surface area contributed by atoms with E-state index in [2.05, 4.69) is 28.7 Å². The van der Waals surface area contributed by atoms with Gasteiger partial charge in [0.25, 0.3) is 0 Å². The van der Waals surface area contributed by atoms with Crippen LogP contribution in [0.1, 0.15) is 37.0 Å². The number of anilines is 1. The Morgan fingerprint density at radius 2 is 2.14 bits per heavy atom. The Bertz CT molecular complexity index is 686. The molecule has 0 aliphatic carbocycles. The van der Waals surface area contributed by atoms with Gasteiger partial charge in [-0.3, -0.25) is 0 Å². The monoisotopic (exact) mass is 285 g/mol. The van der Waals surface area contributed by atoms with Crippen LogP contribution in [0.4, 0.5) is 5.82 Å². The Balaban J connectivity index is 2.05. The van der Waals surface area contributed by atoms with Gasteiger partial charge in [-0.25, -0.2) is 14.8 Å². The molecule has 2 heterocycles. The number of carboxylic acid groups (broad SMARTS) is 1. The Morgan fingerprint density at radius 3 is 2.86 bits per heavy atom. The number of aromatic carboxylic acids is 1. The number of fused-ring (bicyclic) bond motifs is 1. The summed E-state index contributed by atoms with van der Waals surface area (Å²) in [6, 6.07) is 5.49. The molecule has 0 bridgehead atoms. The van der Waals surface area contributed by atoms with Crippen LogP contribution in [0.2, 0.25) is 0 Å². The number of rotatable bonds is 2. The van der Waals surface area contributed by atoms with Gasteiger partial charge >= 0.3 is 5.97 Å². The summed E-state index contributed by atoms with van der Waals surface area (Å²) in [5.41, 5.74) is 0.943.